The number of nitrogens with zero attached hydrogens (tertiary/aromatic N) is 4. The monoisotopic (exact) mass is 266 g/mol. The van der Waals surface area contributed by atoms with Crippen molar-refractivity contribution in [1.29, 1.82) is 0 Å². The molecule has 0 saturated heterocycles. The van der Waals surface area contributed by atoms with Crippen LogP contribution in [0.1, 0.15) is 32.1 Å². The van der Waals surface area contributed by atoms with Gasteiger partial charge in [0.2, 0.25) is 17.8 Å². The smallest absolute Gasteiger partial charge is 0.231 e. The van der Waals surface area contributed by atoms with Gasteiger partial charge in [-0.2, -0.15) is 15.0 Å². The van der Waals surface area contributed by atoms with E-state index in [4.69, 9.17) is 5.73 Å². The summed E-state index contributed by atoms with van der Waals surface area (Å²) in [6.45, 7) is 0.448. The van der Waals surface area contributed by atoms with E-state index in [1.807, 2.05) is 14.1 Å². The molecule has 0 aliphatic heterocycles. The summed E-state index contributed by atoms with van der Waals surface area (Å²) in [5.41, 5.74) is 4.99. The number of nitrogens with one attached hydrogen (secondary N) is 1. The van der Waals surface area contributed by atoms with Crippen molar-refractivity contribution in [3.05, 3.63) is 0 Å². The standard InChI is InChI=1S/C12H22N6O/c1-18(2)11-16-9(13)15-10(17-11)14-8-12(19)6-4-3-5-7-12/h19H,3-8H2,1-2H3,(H3,13,14,15,16,17). The molecule has 0 bridgehead atoms. The summed E-state index contributed by atoms with van der Waals surface area (Å²) >= 11 is 0. The Morgan fingerprint density at radius 3 is 2.53 bits per heavy atom. The summed E-state index contributed by atoms with van der Waals surface area (Å²) in [7, 11) is 3.68. The Hall–Kier alpha value is -1.63. The van der Waals surface area contributed by atoms with Crippen LogP contribution in [0.25, 0.3) is 0 Å². The second-order valence-corrected chi connectivity index (χ2v) is 5.35. The predicted octanol–water partition coefficient (Wildman–Crippen LogP) is 0.627. The summed E-state index contributed by atoms with van der Waals surface area (Å²) in [5.74, 6) is 1.10. The van der Waals surface area contributed by atoms with Crippen LogP contribution in [0.3, 0.4) is 0 Å². The van der Waals surface area contributed by atoms with Crippen LogP contribution >= 0.6 is 0 Å². The van der Waals surface area contributed by atoms with E-state index in [0.29, 0.717) is 18.4 Å². The van der Waals surface area contributed by atoms with Crippen LogP contribution in [0.5, 0.6) is 0 Å². The van der Waals surface area contributed by atoms with Gasteiger partial charge >= 0.3 is 0 Å². The van der Waals surface area contributed by atoms with Crippen LogP contribution in [-0.4, -0.2) is 46.3 Å². The van der Waals surface area contributed by atoms with Crippen LogP contribution in [0, 0.1) is 0 Å². The van der Waals surface area contributed by atoms with E-state index in [9.17, 15) is 5.11 Å². The van der Waals surface area contributed by atoms with Crippen LogP contribution in [0.2, 0.25) is 0 Å². The highest BCUT2D eigenvalue weighted by atomic mass is 16.3. The molecule has 0 aromatic carbocycles. The average molecular weight is 266 g/mol. The number of hydrogen-bond acceptors (Lipinski definition) is 7. The predicted molar refractivity (Wildman–Crippen MR) is 75.1 cm³/mol. The molecule has 1 saturated carbocycles. The molecule has 0 radical (unpaired) electrons. The summed E-state index contributed by atoms with van der Waals surface area (Å²) in [5, 5.41) is 13.5. The molecule has 7 nitrogen and oxygen atoms in total. The van der Waals surface area contributed by atoms with Crippen molar-refractivity contribution >= 4 is 17.8 Å². The van der Waals surface area contributed by atoms with Gasteiger partial charge in [-0.05, 0) is 12.8 Å². The lowest BCUT2D eigenvalue weighted by Gasteiger charge is -2.32. The van der Waals surface area contributed by atoms with Gasteiger partial charge in [0.05, 0.1) is 5.60 Å². The third-order valence-corrected chi connectivity index (χ3v) is 3.40. The number of nitrogens with two attached hydrogens (primary N) is 1. The number of aliphatic hydroxyl groups is 1. The van der Waals surface area contributed by atoms with E-state index < -0.39 is 5.60 Å². The fourth-order valence-electron chi connectivity index (χ4n) is 2.29. The normalized spacial score (nSPS) is 18.1. The van der Waals surface area contributed by atoms with Crippen molar-refractivity contribution in [2.24, 2.45) is 0 Å². The van der Waals surface area contributed by atoms with Crippen molar-refractivity contribution in [2.45, 2.75) is 37.7 Å². The molecule has 1 heterocycles. The van der Waals surface area contributed by atoms with Gasteiger partial charge < -0.3 is 21.1 Å². The molecule has 1 aromatic heterocycles. The van der Waals surface area contributed by atoms with Crippen LogP contribution in [0.15, 0.2) is 0 Å². The molecular formula is C12H22N6O. The first-order valence-electron chi connectivity index (χ1n) is 6.64. The molecule has 0 atom stereocenters. The van der Waals surface area contributed by atoms with E-state index >= 15 is 0 Å². The largest absolute Gasteiger partial charge is 0.388 e. The van der Waals surface area contributed by atoms with Crippen molar-refractivity contribution in [3.8, 4) is 0 Å². The molecule has 1 fully saturated rings. The Balaban J connectivity index is 2.02. The van der Waals surface area contributed by atoms with Gasteiger partial charge in [0.15, 0.2) is 0 Å². The number of nitrogen functional groups attached to an aromatic ring is 1. The Morgan fingerprint density at radius 1 is 1.21 bits per heavy atom. The minimum atomic E-state index is -0.655. The van der Waals surface area contributed by atoms with Gasteiger partial charge in [0.1, 0.15) is 0 Å². The topological polar surface area (TPSA) is 100 Å². The maximum absolute atomic E-state index is 10.4. The van der Waals surface area contributed by atoms with Gasteiger partial charge in [-0.1, -0.05) is 19.3 Å². The van der Waals surface area contributed by atoms with Crippen molar-refractivity contribution in [3.63, 3.8) is 0 Å². The second kappa shape index (κ2) is 5.56. The molecule has 106 valence electrons. The maximum Gasteiger partial charge on any atom is 0.231 e. The quantitative estimate of drug-likeness (QED) is 0.734. The number of aromatic nitrogens is 3. The number of rotatable bonds is 4. The molecule has 1 aliphatic rings. The lowest BCUT2D eigenvalue weighted by Crippen LogP contribution is -2.39. The lowest BCUT2D eigenvalue weighted by atomic mass is 9.85. The highest BCUT2D eigenvalue weighted by Crippen LogP contribution is 2.28. The molecule has 7 heteroatoms. The van der Waals surface area contributed by atoms with Gasteiger partial charge in [-0.15, -0.1) is 0 Å². The van der Waals surface area contributed by atoms with Crippen LogP contribution < -0.4 is 16.0 Å². The lowest BCUT2D eigenvalue weighted by molar-refractivity contribution is 0.0166. The SMILES string of the molecule is CN(C)c1nc(N)nc(NCC2(O)CCCCC2)n1. The van der Waals surface area contributed by atoms with Gasteiger partial charge in [0, 0.05) is 20.6 Å². The Morgan fingerprint density at radius 2 is 1.89 bits per heavy atom. The van der Waals surface area contributed by atoms with E-state index in [0.717, 1.165) is 25.7 Å². The highest BCUT2D eigenvalue weighted by Gasteiger charge is 2.29. The first-order chi connectivity index (χ1) is 8.98. The molecule has 2 rings (SSSR count). The van der Waals surface area contributed by atoms with Gasteiger partial charge in [-0.3, -0.25) is 0 Å². The number of anilines is 3. The average Bonchev–Trinajstić information content (AvgIpc) is 2.37. The summed E-state index contributed by atoms with van der Waals surface area (Å²) < 4.78 is 0. The minimum absolute atomic E-state index is 0.178. The van der Waals surface area contributed by atoms with E-state index in [1.54, 1.807) is 4.90 Å². The molecule has 19 heavy (non-hydrogen) atoms. The molecule has 0 spiro atoms. The Labute approximate surface area is 113 Å². The zero-order valence-electron chi connectivity index (χ0n) is 11.6. The van der Waals surface area contributed by atoms with E-state index in [2.05, 4.69) is 20.3 Å². The van der Waals surface area contributed by atoms with Crippen molar-refractivity contribution < 1.29 is 5.11 Å². The van der Waals surface area contributed by atoms with Gasteiger partial charge in [0.25, 0.3) is 0 Å². The second-order valence-electron chi connectivity index (χ2n) is 5.35. The van der Waals surface area contributed by atoms with E-state index in [-0.39, 0.29) is 5.95 Å². The maximum atomic E-state index is 10.4. The molecule has 0 amide bonds. The zero-order valence-corrected chi connectivity index (χ0v) is 11.6. The van der Waals surface area contributed by atoms with Crippen LogP contribution in [-0.2, 0) is 0 Å². The van der Waals surface area contributed by atoms with Crippen molar-refractivity contribution in [2.75, 3.05) is 36.6 Å². The Bertz CT molecular complexity index is 430. The van der Waals surface area contributed by atoms with Crippen molar-refractivity contribution in [1.82, 2.24) is 15.0 Å². The first-order valence-corrected chi connectivity index (χ1v) is 6.64. The fraction of sp³-hybridized carbons (Fsp3) is 0.750. The molecule has 0 unspecified atom stereocenters. The molecular weight excluding hydrogens is 244 g/mol. The first kappa shape index (κ1) is 13.8. The van der Waals surface area contributed by atoms with Gasteiger partial charge in [-0.25, -0.2) is 0 Å². The number of hydrogen-bond donors (Lipinski definition) is 3. The molecule has 1 aromatic rings. The summed E-state index contributed by atoms with van der Waals surface area (Å²) in [4.78, 5) is 14.1. The van der Waals surface area contributed by atoms with E-state index in [1.165, 1.54) is 6.42 Å². The molecule has 4 N–H and O–H groups in total. The van der Waals surface area contributed by atoms with Crippen LogP contribution in [0.4, 0.5) is 17.8 Å². The molecule has 1 aliphatic carbocycles. The third kappa shape index (κ3) is 3.66. The summed E-state index contributed by atoms with van der Waals surface area (Å²) in [6.07, 6.45) is 4.98. The Kier molecular flexibility index (Phi) is 4.04. The fourth-order valence-corrected chi connectivity index (χ4v) is 2.29. The third-order valence-electron chi connectivity index (χ3n) is 3.40. The summed E-state index contributed by atoms with van der Waals surface area (Å²) in [6, 6.07) is 0. The highest BCUT2D eigenvalue weighted by molar-refractivity contribution is 5.40. The zero-order chi connectivity index (χ0) is 13.9. The minimum Gasteiger partial charge on any atom is -0.388 e.